The number of nitrogens with one attached hydrogen (secondary N) is 1. The number of hydrogen-bond acceptors (Lipinski definition) is 5. The average Bonchev–Trinajstić information content (AvgIpc) is 3.09. The molecule has 0 fully saturated rings. The van der Waals surface area contributed by atoms with Gasteiger partial charge in [-0.25, -0.2) is 0 Å². The number of amides is 1. The van der Waals surface area contributed by atoms with Crippen molar-refractivity contribution in [3.8, 4) is 11.4 Å². The van der Waals surface area contributed by atoms with Crippen molar-refractivity contribution in [3.05, 3.63) is 60.0 Å². The number of carbonyl (C=O) groups excluding carboxylic acids is 1. The van der Waals surface area contributed by atoms with Gasteiger partial charge in [-0.1, -0.05) is 28.9 Å². The van der Waals surface area contributed by atoms with Crippen molar-refractivity contribution >= 4 is 17.3 Å². The first kappa shape index (κ1) is 17.7. The third kappa shape index (κ3) is 4.47. The van der Waals surface area contributed by atoms with Gasteiger partial charge in [0.05, 0.1) is 0 Å². The highest BCUT2D eigenvalue weighted by molar-refractivity contribution is 5.90. The van der Waals surface area contributed by atoms with Crippen molar-refractivity contribution < 1.29 is 9.32 Å². The molecule has 0 atom stereocenters. The van der Waals surface area contributed by atoms with Gasteiger partial charge in [-0.15, -0.1) is 0 Å². The first-order valence-corrected chi connectivity index (χ1v) is 8.48. The molecule has 26 heavy (non-hydrogen) atoms. The summed E-state index contributed by atoms with van der Waals surface area (Å²) >= 11 is 0. The van der Waals surface area contributed by atoms with Crippen LogP contribution in [0.4, 0.5) is 11.4 Å². The lowest BCUT2D eigenvalue weighted by molar-refractivity contribution is -0.116. The smallest absolute Gasteiger partial charge is 0.227 e. The number of rotatable bonds is 6. The summed E-state index contributed by atoms with van der Waals surface area (Å²) < 4.78 is 5.25. The molecule has 1 aromatic heterocycles. The number of hydrogen-bond donors (Lipinski definition) is 1. The molecule has 0 saturated heterocycles. The number of benzene rings is 2. The molecule has 1 N–H and O–H groups in total. The Bertz CT molecular complexity index is 885. The van der Waals surface area contributed by atoms with Crippen LogP contribution >= 0.6 is 0 Å². The lowest BCUT2D eigenvalue weighted by Crippen LogP contribution is -2.13. The summed E-state index contributed by atoms with van der Waals surface area (Å²) in [4.78, 5) is 18.5. The summed E-state index contributed by atoms with van der Waals surface area (Å²) in [5.41, 5.74) is 3.89. The molecule has 3 aromatic rings. The van der Waals surface area contributed by atoms with E-state index in [9.17, 15) is 4.79 Å². The van der Waals surface area contributed by atoms with Crippen molar-refractivity contribution in [2.75, 3.05) is 24.3 Å². The third-order valence-electron chi connectivity index (χ3n) is 3.98. The minimum Gasteiger partial charge on any atom is -0.378 e. The molecular formula is C20H22N4O2. The Labute approximate surface area is 152 Å². The van der Waals surface area contributed by atoms with Gasteiger partial charge in [0.1, 0.15) is 0 Å². The monoisotopic (exact) mass is 350 g/mol. The molecule has 3 rings (SSSR count). The highest BCUT2D eigenvalue weighted by Gasteiger charge is 2.11. The van der Waals surface area contributed by atoms with Gasteiger partial charge >= 0.3 is 0 Å². The summed E-state index contributed by atoms with van der Waals surface area (Å²) in [6.07, 6.45) is 0.686. The zero-order chi connectivity index (χ0) is 18.5. The van der Waals surface area contributed by atoms with E-state index in [1.54, 1.807) is 0 Å². The Balaban J connectivity index is 1.55. The maximum absolute atomic E-state index is 12.1. The standard InChI is InChI=1S/C20H22N4O2/c1-14-5-4-6-15(13-14)20-22-19(26-23-20)12-11-18(25)21-16-7-9-17(10-8-16)24(2)3/h4-10,13H,11-12H2,1-3H3,(H,21,25). The van der Waals surface area contributed by atoms with E-state index in [0.717, 1.165) is 22.5 Å². The Hall–Kier alpha value is -3.15. The second kappa shape index (κ2) is 7.82. The van der Waals surface area contributed by atoms with Gasteiger partial charge in [0.2, 0.25) is 17.6 Å². The molecule has 0 aliphatic heterocycles. The molecule has 0 radical (unpaired) electrons. The van der Waals surface area contributed by atoms with Gasteiger partial charge < -0.3 is 14.7 Å². The zero-order valence-electron chi connectivity index (χ0n) is 15.2. The quantitative estimate of drug-likeness (QED) is 0.734. The molecule has 6 nitrogen and oxygen atoms in total. The summed E-state index contributed by atoms with van der Waals surface area (Å²) in [7, 11) is 3.95. The molecule has 0 aliphatic rings. The van der Waals surface area contributed by atoms with E-state index in [1.807, 2.05) is 74.4 Å². The van der Waals surface area contributed by atoms with Crippen molar-refractivity contribution in [1.82, 2.24) is 10.1 Å². The van der Waals surface area contributed by atoms with E-state index in [0.29, 0.717) is 18.1 Å². The van der Waals surface area contributed by atoms with Crippen molar-refractivity contribution in [1.29, 1.82) is 0 Å². The van der Waals surface area contributed by atoms with Crippen LogP contribution in [0.15, 0.2) is 53.1 Å². The molecule has 0 saturated carbocycles. The van der Waals surface area contributed by atoms with Crippen LogP contribution < -0.4 is 10.2 Å². The predicted octanol–water partition coefficient (Wildman–Crippen LogP) is 3.68. The highest BCUT2D eigenvalue weighted by Crippen LogP contribution is 2.18. The Morgan fingerprint density at radius 3 is 2.62 bits per heavy atom. The molecule has 0 aliphatic carbocycles. The molecule has 1 amide bonds. The van der Waals surface area contributed by atoms with Crippen LogP contribution in [0.1, 0.15) is 17.9 Å². The van der Waals surface area contributed by atoms with Gasteiger partial charge in [-0.3, -0.25) is 4.79 Å². The summed E-state index contributed by atoms with van der Waals surface area (Å²) in [6.45, 7) is 2.01. The van der Waals surface area contributed by atoms with Crippen LogP contribution in [0.5, 0.6) is 0 Å². The zero-order valence-corrected chi connectivity index (χ0v) is 15.2. The molecular weight excluding hydrogens is 328 g/mol. The van der Waals surface area contributed by atoms with E-state index >= 15 is 0 Å². The van der Waals surface area contributed by atoms with Crippen molar-refractivity contribution in [2.45, 2.75) is 19.8 Å². The molecule has 1 heterocycles. The van der Waals surface area contributed by atoms with E-state index in [1.165, 1.54) is 0 Å². The van der Waals surface area contributed by atoms with E-state index in [2.05, 4.69) is 15.5 Å². The van der Waals surface area contributed by atoms with Gasteiger partial charge in [-0.05, 0) is 37.3 Å². The number of anilines is 2. The number of aryl methyl sites for hydroxylation is 2. The van der Waals surface area contributed by atoms with Crippen molar-refractivity contribution in [3.63, 3.8) is 0 Å². The second-order valence-electron chi connectivity index (χ2n) is 6.37. The predicted molar refractivity (Wildman–Crippen MR) is 102 cm³/mol. The van der Waals surface area contributed by atoms with E-state index in [-0.39, 0.29) is 12.3 Å². The van der Waals surface area contributed by atoms with Crippen LogP contribution in [0.25, 0.3) is 11.4 Å². The van der Waals surface area contributed by atoms with Gasteiger partial charge in [-0.2, -0.15) is 4.98 Å². The van der Waals surface area contributed by atoms with Crippen LogP contribution in [0, 0.1) is 6.92 Å². The third-order valence-corrected chi connectivity index (χ3v) is 3.98. The normalized spacial score (nSPS) is 10.6. The maximum atomic E-state index is 12.1. The maximum Gasteiger partial charge on any atom is 0.227 e. The molecule has 2 aromatic carbocycles. The van der Waals surface area contributed by atoms with Gasteiger partial charge in [0, 0.05) is 43.9 Å². The molecule has 134 valence electrons. The summed E-state index contributed by atoms with van der Waals surface area (Å²) in [5, 5.41) is 6.87. The van der Waals surface area contributed by atoms with E-state index in [4.69, 9.17) is 4.52 Å². The summed E-state index contributed by atoms with van der Waals surface area (Å²) in [5.74, 6) is 0.918. The van der Waals surface area contributed by atoms with Crippen molar-refractivity contribution in [2.24, 2.45) is 0 Å². The minimum absolute atomic E-state index is 0.0853. The van der Waals surface area contributed by atoms with Crippen LogP contribution in [0.3, 0.4) is 0 Å². The largest absolute Gasteiger partial charge is 0.378 e. The summed E-state index contributed by atoms with van der Waals surface area (Å²) in [6, 6.07) is 15.6. The van der Waals surface area contributed by atoms with Crippen LogP contribution in [0.2, 0.25) is 0 Å². The second-order valence-corrected chi connectivity index (χ2v) is 6.37. The Kier molecular flexibility index (Phi) is 5.31. The Morgan fingerprint density at radius 1 is 1.15 bits per heavy atom. The fourth-order valence-electron chi connectivity index (χ4n) is 2.54. The Morgan fingerprint density at radius 2 is 1.92 bits per heavy atom. The number of carbonyl (C=O) groups is 1. The van der Waals surface area contributed by atoms with Crippen LogP contribution in [-0.4, -0.2) is 30.1 Å². The lowest BCUT2D eigenvalue weighted by atomic mass is 10.1. The van der Waals surface area contributed by atoms with Crippen LogP contribution in [-0.2, 0) is 11.2 Å². The SMILES string of the molecule is Cc1cccc(-c2noc(CCC(=O)Nc3ccc(N(C)C)cc3)n2)c1. The number of aromatic nitrogens is 2. The fraction of sp³-hybridized carbons (Fsp3) is 0.250. The average molecular weight is 350 g/mol. The number of nitrogens with zero attached hydrogens (tertiary/aromatic N) is 3. The molecule has 6 heteroatoms. The minimum atomic E-state index is -0.0853. The first-order chi connectivity index (χ1) is 12.5. The topological polar surface area (TPSA) is 71.3 Å². The highest BCUT2D eigenvalue weighted by atomic mass is 16.5. The van der Waals surface area contributed by atoms with E-state index < -0.39 is 0 Å². The molecule has 0 bridgehead atoms. The molecule has 0 spiro atoms. The fourth-order valence-corrected chi connectivity index (χ4v) is 2.54. The first-order valence-electron chi connectivity index (χ1n) is 8.48. The van der Waals surface area contributed by atoms with Gasteiger partial charge in [0.25, 0.3) is 0 Å². The van der Waals surface area contributed by atoms with Gasteiger partial charge in [0.15, 0.2) is 0 Å². The lowest BCUT2D eigenvalue weighted by Gasteiger charge is -2.12. The molecule has 0 unspecified atom stereocenters.